The smallest absolute Gasteiger partial charge is 0.123 e. The average molecular weight is 233 g/mol. The van der Waals surface area contributed by atoms with E-state index in [2.05, 4.69) is 5.10 Å². The molecule has 17 heavy (non-hydrogen) atoms. The number of aromatic nitrogens is 2. The van der Waals surface area contributed by atoms with Gasteiger partial charge >= 0.3 is 0 Å². The van der Waals surface area contributed by atoms with Gasteiger partial charge in [-0.25, -0.2) is 4.39 Å². The van der Waals surface area contributed by atoms with Crippen molar-refractivity contribution in [2.45, 2.75) is 26.4 Å². The van der Waals surface area contributed by atoms with E-state index in [9.17, 15) is 4.39 Å². The number of hydrogen-bond acceptors (Lipinski definition) is 2. The molecule has 0 bridgehead atoms. The predicted molar refractivity (Wildman–Crippen MR) is 65.1 cm³/mol. The molecule has 1 heterocycles. The number of aryl methyl sites for hydroxylation is 2. The van der Waals surface area contributed by atoms with Crippen molar-refractivity contribution in [3.8, 4) is 0 Å². The summed E-state index contributed by atoms with van der Waals surface area (Å²) in [7, 11) is 0. The first-order valence-corrected chi connectivity index (χ1v) is 5.67. The van der Waals surface area contributed by atoms with Crippen LogP contribution in [0.4, 0.5) is 4.39 Å². The third-order valence-electron chi connectivity index (χ3n) is 2.76. The van der Waals surface area contributed by atoms with Crippen LogP contribution >= 0.6 is 0 Å². The molecule has 0 amide bonds. The third-order valence-corrected chi connectivity index (χ3v) is 2.76. The molecule has 0 fully saturated rings. The highest BCUT2D eigenvalue weighted by atomic mass is 19.1. The Bertz CT molecular complexity index is 519. The second-order valence-electron chi connectivity index (χ2n) is 4.06. The number of hydrogen-bond donors (Lipinski definition) is 1. The Balaban J connectivity index is 2.39. The molecular formula is C13H16FN3. The Labute approximate surface area is 100 Å². The van der Waals surface area contributed by atoms with Crippen molar-refractivity contribution in [1.82, 2.24) is 9.78 Å². The topological polar surface area (TPSA) is 43.8 Å². The molecule has 1 unspecified atom stereocenters. The van der Waals surface area contributed by atoms with E-state index in [4.69, 9.17) is 5.73 Å². The van der Waals surface area contributed by atoms with Crippen molar-refractivity contribution in [1.29, 1.82) is 0 Å². The Hall–Kier alpha value is -1.68. The zero-order chi connectivity index (χ0) is 12.4. The normalized spacial score (nSPS) is 12.7. The molecule has 2 rings (SSSR count). The maximum absolute atomic E-state index is 13.2. The highest BCUT2D eigenvalue weighted by molar-refractivity contribution is 5.28. The molecule has 4 heteroatoms. The van der Waals surface area contributed by atoms with Crippen LogP contribution in [-0.4, -0.2) is 9.78 Å². The SMILES string of the molecule is CCn1nc(C)cc1C(N)c1cccc(F)c1. The summed E-state index contributed by atoms with van der Waals surface area (Å²) < 4.78 is 15.0. The molecule has 0 saturated heterocycles. The van der Waals surface area contributed by atoms with E-state index in [1.807, 2.05) is 30.7 Å². The first-order chi connectivity index (χ1) is 8.11. The largest absolute Gasteiger partial charge is 0.319 e. The summed E-state index contributed by atoms with van der Waals surface area (Å²) in [5.41, 5.74) is 8.75. The zero-order valence-corrected chi connectivity index (χ0v) is 10.0. The quantitative estimate of drug-likeness (QED) is 0.884. The molecule has 2 aromatic rings. The summed E-state index contributed by atoms with van der Waals surface area (Å²) in [6, 6.07) is 7.98. The molecule has 1 atom stereocenters. The molecular weight excluding hydrogens is 217 g/mol. The molecule has 1 aromatic heterocycles. The van der Waals surface area contributed by atoms with Crippen LogP contribution in [0.5, 0.6) is 0 Å². The van der Waals surface area contributed by atoms with Crippen LogP contribution in [0.3, 0.4) is 0 Å². The molecule has 0 aliphatic carbocycles. The lowest BCUT2D eigenvalue weighted by molar-refractivity contribution is 0.592. The van der Waals surface area contributed by atoms with Crippen molar-refractivity contribution in [2.75, 3.05) is 0 Å². The first kappa shape index (κ1) is 11.8. The van der Waals surface area contributed by atoms with Gasteiger partial charge in [0.1, 0.15) is 5.82 Å². The van der Waals surface area contributed by atoms with Gasteiger partial charge in [0.25, 0.3) is 0 Å². The summed E-state index contributed by atoms with van der Waals surface area (Å²) in [5.74, 6) is -0.266. The molecule has 2 N–H and O–H groups in total. The summed E-state index contributed by atoms with van der Waals surface area (Å²) in [5, 5.41) is 4.34. The molecule has 3 nitrogen and oxygen atoms in total. The van der Waals surface area contributed by atoms with E-state index in [1.165, 1.54) is 12.1 Å². The highest BCUT2D eigenvalue weighted by Gasteiger charge is 2.15. The van der Waals surface area contributed by atoms with Crippen molar-refractivity contribution in [2.24, 2.45) is 5.73 Å². The fraction of sp³-hybridized carbons (Fsp3) is 0.308. The monoisotopic (exact) mass is 233 g/mol. The minimum Gasteiger partial charge on any atom is -0.319 e. The van der Waals surface area contributed by atoms with Gasteiger partial charge in [-0.05, 0) is 37.6 Å². The van der Waals surface area contributed by atoms with Gasteiger partial charge in [0.2, 0.25) is 0 Å². The Morgan fingerprint density at radius 2 is 2.18 bits per heavy atom. The maximum Gasteiger partial charge on any atom is 0.123 e. The zero-order valence-electron chi connectivity index (χ0n) is 10.0. The number of nitrogens with zero attached hydrogens (tertiary/aromatic N) is 2. The van der Waals surface area contributed by atoms with Crippen LogP contribution in [0.25, 0.3) is 0 Å². The number of nitrogens with two attached hydrogens (primary N) is 1. The van der Waals surface area contributed by atoms with E-state index in [0.29, 0.717) is 0 Å². The molecule has 0 aliphatic rings. The highest BCUT2D eigenvalue weighted by Crippen LogP contribution is 2.21. The molecule has 1 aromatic carbocycles. The lowest BCUT2D eigenvalue weighted by atomic mass is 10.0. The van der Waals surface area contributed by atoms with Gasteiger partial charge < -0.3 is 5.73 Å². The molecule has 90 valence electrons. The van der Waals surface area contributed by atoms with Crippen LogP contribution < -0.4 is 5.73 Å². The summed E-state index contributed by atoms with van der Waals surface area (Å²) in [4.78, 5) is 0. The minimum absolute atomic E-state index is 0.266. The Kier molecular flexibility index (Phi) is 3.24. The van der Waals surface area contributed by atoms with Crippen LogP contribution in [0.1, 0.15) is 29.9 Å². The second kappa shape index (κ2) is 4.67. The van der Waals surface area contributed by atoms with Crippen LogP contribution in [0.15, 0.2) is 30.3 Å². The van der Waals surface area contributed by atoms with Gasteiger partial charge in [-0.15, -0.1) is 0 Å². The Morgan fingerprint density at radius 3 is 2.82 bits per heavy atom. The van der Waals surface area contributed by atoms with Gasteiger partial charge in [-0.2, -0.15) is 5.10 Å². The van der Waals surface area contributed by atoms with Gasteiger partial charge in [-0.3, -0.25) is 4.68 Å². The minimum atomic E-state index is -0.341. The van der Waals surface area contributed by atoms with Crippen LogP contribution in [-0.2, 0) is 6.54 Å². The van der Waals surface area contributed by atoms with Gasteiger partial charge in [-0.1, -0.05) is 12.1 Å². The van der Waals surface area contributed by atoms with Gasteiger partial charge in [0, 0.05) is 6.54 Å². The van der Waals surface area contributed by atoms with Crippen LogP contribution in [0, 0.1) is 12.7 Å². The molecule has 0 saturated carbocycles. The summed E-state index contributed by atoms with van der Waals surface area (Å²) >= 11 is 0. The standard InChI is InChI=1S/C13H16FN3/c1-3-17-12(7-9(2)16-17)13(15)10-5-4-6-11(14)8-10/h4-8,13H,3,15H2,1-2H3. The van der Waals surface area contributed by atoms with E-state index in [0.717, 1.165) is 23.5 Å². The van der Waals surface area contributed by atoms with Crippen molar-refractivity contribution >= 4 is 0 Å². The molecule has 0 radical (unpaired) electrons. The fourth-order valence-electron chi connectivity index (χ4n) is 1.94. The lowest BCUT2D eigenvalue weighted by Gasteiger charge is -2.13. The van der Waals surface area contributed by atoms with Crippen molar-refractivity contribution in [3.63, 3.8) is 0 Å². The fourth-order valence-corrected chi connectivity index (χ4v) is 1.94. The number of rotatable bonds is 3. The summed E-state index contributed by atoms with van der Waals surface area (Å²) in [6.07, 6.45) is 0. The second-order valence-corrected chi connectivity index (χ2v) is 4.06. The van der Waals surface area contributed by atoms with Crippen LogP contribution in [0.2, 0.25) is 0 Å². The number of halogens is 1. The van der Waals surface area contributed by atoms with Crippen molar-refractivity contribution < 1.29 is 4.39 Å². The van der Waals surface area contributed by atoms with E-state index in [1.54, 1.807) is 6.07 Å². The van der Waals surface area contributed by atoms with Gasteiger partial charge in [0.15, 0.2) is 0 Å². The van der Waals surface area contributed by atoms with Crippen molar-refractivity contribution in [3.05, 3.63) is 53.1 Å². The van der Waals surface area contributed by atoms with E-state index >= 15 is 0 Å². The van der Waals surface area contributed by atoms with E-state index in [-0.39, 0.29) is 11.9 Å². The average Bonchev–Trinajstić information content (AvgIpc) is 2.69. The molecule has 0 aliphatic heterocycles. The van der Waals surface area contributed by atoms with Gasteiger partial charge in [0.05, 0.1) is 17.4 Å². The molecule has 0 spiro atoms. The summed E-state index contributed by atoms with van der Waals surface area (Å²) in [6.45, 7) is 4.69. The Morgan fingerprint density at radius 1 is 1.41 bits per heavy atom. The predicted octanol–water partition coefficient (Wildman–Crippen LogP) is 2.40. The number of benzene rings is 1. The lowest BCUT2D eigenvalue weighted by Crippen LogP contribution is -2.17. The first-order valence-electron chi connectivity index (χ1n) is 5.67. The third kappa shape index (κ3) is 2.36. The van der Waals surface area contributed by atoms with E-state index < -0.39 is 0 Å². The maximum atomic E-state index is 13.2.